The lowest BCUT2D eigenvalue weighted by Gasteiger charge is -2.45. The number of hydrogen-bond donors (Lipinski definition) is 0. The first-order chi connectivity index (χ1) is 13.9. The van der Waals surface area contributed by atoms with Crippen LogP contribution in [0.2, 0.25) is 0 Å². The molecule has 0 N–H and O–H groups in total. The first-order valence-electron chi connectivity index (χ1n) is 9.81. The van der Waals surface area contributed by atoms with Gasteiger partial charge in [0.25, 0.3) is 10.1 Å². The molecule has 0 aliphatic carbocycles. The van der Waals surface area contributed by atoms with Crippen LogP contribution in [0, 0.1) is 19.3 Å². The van der Waals surface area contributed by atoms with Crippen molar-refractivity contribution in [2.45, 2.75) is 36.6 Å². The summed E-state index contributed by atoms with van der Waals surface area (Å²) in [5, 5.41) is 0. The number of nitrogens with zero attached hydrogens (tertiary/aromatic N) is 1. The highest BCUT2D eigenvalue weighted by molar-refractivity contribution is 7.86. The van der Waals surface area contributed by atoms with E-state index in [4.69, 9.17) is 10.6 Å². The molecule has 0 radical (unpaired) electrons. The Kier molecular flexibility index (Phi) is 6.59. The van der Waals surface area contributed by atoms with E-state index in [1.54, 1.807) is 24.3 Å². The second-order valence-corrected chi connectivity index (χ2v) is 8.93. The summed E-state index contributed by atoms with van der Waals surface area (Å²) in [4.78, 5) is 2.34. The molecule has 2 aromatic rings. The Hall–Kier alpha value is -2.39. The number of allylic oxidation sites excluding steroid dienone is 1. The fourth-order valence-corrected chi connectivity index (χ4v) is 4.84. The highest BCUT2D eigenvalue weighted by atomic mass is 32.2. The van der Waals surface area contributed by atoms with Gasteiger partial charge in [0.15, 0.2) is 0 Å². The van der Waals surface area contributed by atoms with E-state index in [1.807, 2.05) is 25.1 Å². The Morgan fingerprint density at radius 3 is 2.66 bits per heavy atom. The quantitative estimate of drug-likeness (QED) is 0.375. The monoisotopic (exact) mass is 409 g/mol. The fourth-order valence-electron chi connectivity index (χ4n) is 3.94. The first kappa shape index (κ1) is 21.3. The Morgan fingerprint density at radius 2 is 1.97 bits per heavy atom. The Labute approximate surface area is 174 Å². The highest BCUT2D eigenvalue weighted by Gasteiger charge is 2.40. The molecule has 29 heavy (non-hydrogen) atoms. The molecule has 1 aliphatic rings. The Balaban J connectivity index is 1.78. The lowest BCUT2D eigenvalue weighted by Crippen LogP contribution is -2.51. The van der Waals surface area contributed by atoms with Gasteiger partial charge in [0, 0.05) is 13.1 Å². The van der Waals surface area contributed by atoms with Gasteiger partial charge in [-0.3, -0.25) is 9.08 Å². The van der Waals surface area contributed by atoms with Crippen LogP contribution in [0.5, 0.6) is 0 Å². The van der Waals surface area contributed by atoms with E-state index in [9.17, 15) is 8.42 Å². The van der Waals surface area contributed by atoms with Gasteiger partial charge in [-0.15, -0.1) is 13.0 Å². The first-order valence-corrected chi connectivity index (χ1v) is 11.2. The Morgan fingerprint density at radius 1 is 1.24 bits per heavy atom. The van der Waals surface area contributed by atoms with Crippen molar-refractivity contribution in [1.29, 1.82) is 0 Å². The zero-order valence-electron chi connectivity index (χ0n) is 16.8. The third-order valence-electron chi connectivity index (χ3n) is 5.51. The molecule has 0 amide bonds. The maximum atomic E-state index is 12.5. The summed E-state index contributed by atoms with van der Waals surface area (Å²) in [5.74, 6) is 3.02. The van der Waals surface area contributed by atoms with Crippen LogP contribution in [0.1, 0.15) is 29.5 Å². The third-order valence-corrected chi connectivity index (χ3v) is 6.84. The summed E-state index contributed by atoms with van der Waals surface area (Å²) in [6, 6.07) is 14.9. The average Bonchev–Trinajstić information content (AvgIpc) is 2.73. The summed E-state index contributed by atoms with van der Waals surface area (Å²) in [6.07, 6.45) is 10.3. The standard InChI is InChI=1S/C24H27NO3S/c1-4-6-16-24(5-2)23-10-8-7-9-21(23)15-17-25(24)18-19-28-29(26,27)22-13-11-20(3)12-14-22/h2,4,7-14H,1,6,15-19H2,3H3. The zero-order valence-corrected chi connectivity index (χ0v) is 17.6. The van der Waals surface area contributed by atoms with Gasteiger partial charge in [-0.05, 0) is 49.4 Å². The minimum atomic E-state index is -3.79. The summed E-state index contributed by atoms with van der Waals surface area (Å²) in [5.41, 5.74) is 2.79. The van der Waals surface area contributed by atoms with Crippen molar-refractivity contribution in [3.63, 3.8) is 0 Å². The molecule has 1 atom stereocenters. The van der Waals surface area contributed by atoms with Crippen molar-refractivity contribution in [2.24, 2.45) is 0 Å². The van der Waals surface area contributed by atoms with Crippen molar-refractivity contribution < 1.29 is 12.6 Å². The lowest BCUT2D eigenvalue weighted by atomic mass is 9.78. The number of rotatable bonds is 8. The fraction of sp³-hybridized carbons (Fsp3) is 0.333. The van der Waals surface area contributed by atoms with Crippen LogP contribution in [0.15, 0.2) is 66.1 Å². The highest BCUT2D eigenvalue weighted by Crippen LogP contribution is 2.38. The van der Waals surface area contributed by atoms with Crippen LogP contribution in [0.25, 0.3) is 0 Å². The van der Waals surface area contributed by atoms with E-state index in [2.05, 4.69) is 29.5 Å². The van der Waals surface area contributed by atoms with Gasteiger partial charge < -0.3 is 0 Å². The van der Waals surface area contributed by atoms with Crippen molar-refractivity contribution in [2.75, 3.05) is 19.7 Å². The number of hydrogen-bond acceptors (Lipinski definition) is 4. The van der Waals surface area contributed by atoms with E-state index in [1.165, 1.54) is 5.56 Å². The van der Waals surface area contributed by atoms with Crippen molar-refractivity contribution in [3.05, 3.63) is 77.9 Å². The van der Waals surface area contributed by atoms with E-state index >= 15 is 0 Å². The number of aryl methyl sites for hydroxylation is 1. The van der Waals surface area contributed by atoms with Gasteiger partial charge in [0.2, 0.25) is 0 Å². The van der Waals surface area contributed by atoms with E-state index in [-0.39, 0.29) is 11.5 Å². The molecule has 4 nitrogen and oxygen atoms in total. The molecule has 0 bridgehead atoms. The zero-order chi connectivity index (χ0) is 20.9. The van der Waals surface area contributed by atoms with Gasteiger partial charge in [0.1, 0.15) is 5.54 Å². The third kappa shape index (κ3) is 4.45. The summed E-state index contributed by atoms with van der Waals surface area (Å²) < 4.78 is 30.3. The molecule has 0 fully saturated rings. The molecule has 1 unspecified atom stereocenters. The van der Waals surface area contributed by atoms with Crippen LogP contribution in [-0.2, 0) is 26.3 Å². The predicted octanol–water partition coefficient (Wildman–Crippen LogP) is 4.05. The molecular formula is C24H27NO3S. The molecule has 1 aliphatic heterocycles. The SMILES string of the molecule is C#CC1(CCC=C)c2ccccc2CCN1CCOS(=O)(=O)c1ccc(C)cc1. The van der Waals surface area contributed by atoms with Gasteiger partial charge in [0.05, 0.1) is 11.5 Å². The molecule has 0 spiro atoms. The molecule has 2 aromatic carbocycles. The van der Waals surface area contributed by atoms with Crippen LogP contribution in [-0.4, -0.2) is 33.0 Å². The Bertz CT molecular complexity index is 1010. The molecular weight excluding hydrogens is 382 g/mol. The molecule has 152 valence electrons. The normalized spacial score (nSPS) is 19.3. The van der Waals surface area contributed by atoms with Crippen LogP contribution < -0.4 is 0 Å². The van der Waals surface area contributed by atoms with Crippen LogP contribution in [0.4, 0.5) is 0 Å². The largest absolute Gasteiger partial charge is 0.297 e. The maximum absolute atomic E-state index is 12.5. The molecule has 0 saturated heterocycles. The molecule has 1 heterocycles. The molecule has 0 saturated carbocycles. The van der Waals surface area contributed by atoms with Gasteiger partial charge in [-0.25, -0.2) is 0 Å². The minimum Gasteiger partial charge on any atom is -0.281 e. The van der Waals surface area contributed by atoms with Crippen LogP contribution in [0.3, 0.4) is 0 Å². The predicted molar refractivity (Wildman–Crippen MR) is 116 cm³/mol. The summed E-state index contributed by atoms with van der Waals surface area (Å²) in [7, 11) is -3.79. The van der Waals surface area contributed by atoms with E-state index in [0.29, 0.717) is 6.54 Å². The van der Waals surface area contributed by atoms with Gasteiger partial charge >= 0.3 is 0 Å². The second-order valence-electron chi connectivity index (χ2n) is 7.32. The van der Waals surface area contributed by atoms with Crippen molar-refractivity contribution in [3.8, 4) is 12.3 Å². The molecule has 0 aromatic heterocycles. The smallest absolute Gasteiger partial charge is 0.281 e. The van der Waals surface area contributed by atoms with Crippen molar-refractivity contribution in [1.82, 2.24) is 4.90 Å². The minimum absolute atomic E-state index is 0.0515. The summed E-state index contributed by atoms with van der Waals surface area (Å²) in [6.45, 7) is 6.98. The van der Waals surface area contributed by atoms with Gasteiger partial charge in [-0.1, -0.05) is 54.0 Å². The summed E-state index contributed by atoms with van der Waals surface area (Å²) >= 11 is 0. The molecule has 5 heteroatoms. The van der Waals surface area contributed by atoms with E-state index < -0.39 is 15.7 Å². The number of benzene rings is 2. The van der Waals surface area contributed by atoms with Crippen molar-refractivity contribution >= 4 is 10.1 Å². The maximum Gasteiger partial charge on any atom is 0.297 e. The topological polar surface area (TPSA) is 46.6 Å². The van der Waals surface area contributed by atoms with E-state index in [0.717, 1.165) is 36.9 Å². The molecule has 3 rings (SSSR count). The lowest BCUT2D eigenvalue weighted by molar-refractivity contribution is 0.0975. The van der Waals surface area contributed by atoms with Gasteiger partial charge in [-0.2, -0.15) is 8.42 Å². The number of fused-ring (bicyclic) bond motifs is 1. The average molecular weight is 410 g/mol. The number of terminal acetylenes is 1. The second kappa shape index (κ2) is 8.96. The van der Waals surface area contributed by atoms with Crippen LogP contribution >= 0.6 is 0 Å².